The third kappa shape index (κ3) is 3.36. The topological polar surface area (TPSA) is 40.5 Å². The molecule has 0 radical (unpaired) electrons. The monoisotopic (exact) mass is 402 g/mol. The van der Waals surface area contributed by atoms with E-state index in [0.29, 0.717) is 17.8 Å². The molecular weight excluding hydrogens is 356 g/mol. The van der Waals surface area contributed by atoms with Gasteiger partial charge in [0.15, 0.2) is 0 Å². The molecule has 0 aromatic rings. The SMILES string of the molecule is CC(C)CCC[C@H](C)[C@H]1CCC2(O)C3CC=C4C[C@@H](O)CC[C@]4(C)C3CC[C@]12C. The molecule has 0 bridgehead atoms. The second kappa shape index (κ2) is 7.66. The maximum Gasteiger partial charge on any atom is 0.0737 e. The van der Waals surface area contributed by atoms with Crippen molar-refractivity contribution in [3.8, 4) is 0 Å². The zero-order valence-corrected chi connectivity index (χ0v) is 19.7. The Balaban J connectivity index is 1.55. The number of hydrogen-bond donors (Lipinski definition) is 2. The minimum absolute atomic E-state index is 0.0846. The first-order valence-corrected chi connectivity index (χ1v) is 12.7. The van der Waals surface area contributed by atoms with Crippen LogP contribution in [0.3, 0.4) is 0 Å². The van der Waals surface area contributed by atoms with Crippen LogP contribution >= 0.6 is 0 Å². The number of allylic oxidation sites excluding steroid dienone is 1. The summed E-state index contributed by atoms with van der Waals surface area (Å²) in [7, 11) is 0. The van der Waals surface area contributed by atoms with Crippen molar-refractivity contribution in [1.82, 2.24) is 0 Å². The summed E-state index contributed by atoms with van der Waals surface area (Å²) in [4.78, 5) is 0. The van der Waals surface area contributed by atoms with Crippen molar-refractivity contribution < 1.29 is 10.2 Å². The van der Waals surface area contributed by atoms with Crippen LogP contribution in [0.15, 0.2) is 11.6 Å². The maximum atomic E-state index is 12.3. The summed E-state index contributed by atoms with van der Waals surface area (Å²) < 4.78 is 0. The lowest BCUT2D eigenvalue weighted by atomic mass is 9.45. The van der Waals surface area contributed by atoms with E-state index >= 15 is 0 Å². The first-order chi connectivity index (χ1) is 13.6. The summed E-state index contributed by atoms with van der Waals surface area (Å²) in [5, 5.41) is 22.5. The van der Waals surface area contributed by atoms with Gasteiger partial charge >= 0.3 is 0 Å². The van der Waals surface area contributed by atoms with Gasteiger partial charge in [0.2, 0.25) is 0 Å². The largest absolute Gasteiger partial charge is 0.393 e. The molecule has 0 aliphatic heterocycles. The zero-order chi connectivity index (χ0) is 21.0. The molecule has 0 saturated heterocycles. The van der Waals surface area contributed by atoms with Gasteiger partial charge in [0.1, 0.15) is 0 Å². The van der Waals surface area contributed by atoms with Crippen molar-refractivity contribution in [2.75, 3.05) is 0 Å². The lowest BCUT2D eigenvalue weighted by Crippen LogP contribution is -2.60. The Labute approximate surface area is 179 Å². The van der Waals surface area contributed by atoms with Crippen LogP contribution in [0.2, 0.25) is 0 Å². The molecule has 2 heteroatoms. The van der Waals surface area contributed by atoms with Gasteiger partial charge in [0.05, 0.1) is 11.7 Å². The van der Waals surface area contributed by atoms with Crippen LogP contribution in [0.5, 0.6) is 0 Å². The van der Waals surface area contributed by atoms with Crippen LogP contribution in [-0.4, -0.2) is 21.9 Å². The van der Waals surface area contributed by atoms with Crippen LogP contribution in [-0.2, 0) is 0 Å². The highest BCUT2D eigenvalue weighted by molar-refractivity contribution is 5.28. The maximum absolute atomic E-state index is 12.3. The molecule has 0 aromatic heterocycles. The van der Waals surface area contributed by atoms with E-state index in [9.17, 15) is 10.2 Å². The summed E-state index contributed by atoms with van der Waals surface area (Å²) in [5.41, 5.74) is 1.30. The first-order valence-electron chi connectivity index (χ1n) is 12.7. The number of aliphatic hydroxyl groups excluding tert-OH is 1. The molecule has 0 amide bonds. The average molecular weight is 403 g/mol. The van der Waals surface area contributed by atoms with Gasteiger partial charge in [0.25, 0.3) is 0 Å². The van der Waals surface area contributed by atoms with Crippen LogP contribution in [0.25, 0.3) is 0 Å². The Bertz CT molecular complexity index is 638. The van der Waals surface area contributed by atoms with E-state index in [2.05, 4.69) is 40.7 Å². The number of rotatable bonds is 5. The second-order valence-electron chi connectivity index (χ2n) is 12.3. The molecule has 4 aliphatic carbocycles. The summed E-state index contributed by atoms with van der Waals surface area (Å²) in [6.07, 6.45) is 14.9. The number of aliphatic hydroxyl groups is 2. The molecular formula is C27H46O2. The van der Waals surface area contributed by atoms with E-state index in [-0.39, 0.29) is 16.9 Å². The predicted molar refractivity (Wildman–Crippen MR) is 121 cm³/mol. The highest BCUT2D eigenvalue weighted by Gasteiger charge is 2.66. The number of fused-ring (bicyclic) bond motifs is 5. The van der Waals surface area contributed by atoms with E-state index in [1.807, 2.05) is 0 Å². The van der Waals surface area contributed by atoms with Gasteiger partial charge in [0, 0.05) is 0 Å². The Morgan fingerprint density at radius 3 is 2.48 bits per heavy atom. The van der Waals surface area contributed by atoms with Crippen molar-refractivity contribution in [2.24, 2.45) is 40.4 Å². The highest BCUT2D eigenvalue weighted by Crippen LogP contribution is 2.69. The molecule has 0 spiro atoms. The zero-order valence-electron chi connectivity index (χ0n) is 19.7. The van der Waals surface area contributed by atoms with Gasteiger partial charge in [-0.25, -0.2) is 0 Å². The van der Waals surface area contributed by atoms with Crippen LogP contribution in [0.1, 0.15) is 105 Å². The first kappa shape index (κ1) is 21.9. The van der Waals surface area contributed by atoms with E-state index in [4.69, 9.17) is 0 Å². The van der Waals surface area contributed by atoms with Crippen LogP contribution in [0, 0.1) is 40.4 Å². The molecule has 2 nitrogen and oxygen atoms in total. The molecule has 8 atom stereocenters. The molecule has 166 valence electrons. The summed E-state index contributed by atoms with van der Waals surface area (Å²) in [5.74, 6) is 3.21. The summed E-state index contributed by atoms with van der Waals surface area (Å²) in [6, 6.07) is 0. The summed E-state index contributed by atoms with van der Waals surface area (Å²) in [6.45, 7) is 12.0. The molecule has 4 rings (SSSR count). The molecule has 2 N–H and O–H groups in total. The molecule has 3 fully saturated rings. The molecule has 3 unspecified atom stereocenters. The van der Waals surface area contributed by atoms with Gasteiger partial charge in [-0.15, -0.1) is 0 Å². The van der Waals surface area contributed by atoms with Gasteiger partial charge in [-0.05, 0) is 91.8 Å². The van der Waals surface area contributed by atoms with Crippen molar-refractivity contribution in [1.29, 1.82) is 0 Å². The molecule has 0 heterocycles. The Morgan fingerprint density at radius 2 is 1.76 bits per heavy atom. The van der Waals surface area contributed by atoms with Crippen molar-refractivity contribution >= 4 is 0 Å². The van der Waals surface area contributed by atoms with E-state index in [1.165, 1.54) is 44.1 Å². The highest BCUT2D eigenvalue weighted by atomic mass is 16.3. The van der Waals surface area contributed by atoms with Crippen molar-refractivity contribution in [3.63, 3.8) is 0 Å². The fraction of sp³-hybridized carbons (Fsp3) is 0.926. The third-order valence-electron chi connectivity index (χ3n) is 10.5. The quantitative estimate of drug-likeness (QED) is 0.515. The van der Waals surface area contributed by atoms with Crippen LogP contribution in [0.4, 0.5) is 0 Å². The molecule has 4 aliphatic rings. The minimum atomic E-state index is -0.492. The Hall–Kier alpha value is -0.340. The lowest BCUT2D eigenvalue weighted by Gasteiger charge is -2.61. The van der Waals surface area contributed by atoms with E-state index in [0.717, 1.165) is 43.9 Å². The minimum Gasteiger partial charge on any atom is -0.393 e. The molecule has 29 heavy (non-hydrogen) atoms. The molecule has 0 aromatic carbocycles. The predicted octanol–water partition coefficient (Wildman–Crippen LogP) is 6.50. The third-order valence-corrected chi connectivity index (χ3v) is 10.5. The van der Waals surface area contributed by atoms with Gasteiger partial charge in [-0.3, -0.25) is 0 Å². The van der Waals surface area contributed by atoms with Crippen molar-refractivity contribution in [2.45, 2.75) is 117 Å². The van der Waals surface area contributed by atoms with E-state index in [1.54, 1.807) is 0 Å². The standard InChI is InChI=1S/C27H46O2/c1-18(2)7-6-8-19(3)22-13-16-27(29)24-10-9-20-17-21(28)11-14-25(20,4)23(24)12-15-26(22,27)5/h9,18-19,21-24,28-29H,6-8,10-17H2,1-5H3/t19-,21-,22+,23?,24?,25-,26+,27?/m0/s1. The molecule has 3 saturated carbocycles. The Kier molecular flexibility index (Phi) is 5.78. The van der Waals surface area contributed by atoms with E-state index < -0.39 is 5.60 Å². The van der Waals surface area contributed by atoms with Gasteiger partial charge in [-0.1, -0.05) is 65.5 Å². The number of hydrogen-bond acceptors (Lipinski definition) is 2. The van der Waals surface area contributed by atoms with Crippen LogP contribution < -0.4 is 0 Å². The summed E-state index contributed by atoms with van der Waals surface area (Å²) >= 11 is 0. The smallest absolute Gasteiger partial charge is 0.0737 e. The van der Waals surface area contributed by atoms with Crippen molar-refractivity contribution in [3.05, 3.63) is 11.6 Å². The Morgan fingerprint density at radius 1 is 1.00 bits per heavy atom. The van der Waals surface area contributed by atoms with Gasteiger partial charge in [-0.2, -0.15) is 0 Å². The normalized spacial score (nSPS) is 47.9. The van der Waals surface area contributed by atoms with Gasteiger partial charge < -0.3 is 10.2 Å². The lowest BCUT2D eigenvalue weighted by molar-refractivity contribution is -0.183. The average Bonchev–Trinajstić information content (AvgIpc) is 2.93. The fourth-order valence-corrected chi connectivity index (χ4v) is 8.61. The fourth-order valence-electron chi connectivity index (χ4n) is 8.61. The second-order valence-corrected chi connectivity index (χ2v) is 12.3.